The number of likely N-dealkylation sites (N-methyl/N-ethyl adjacent to an activating group) is 1. The lowest BCUT2D eigenvalue weighted by atomic mass is 10.2. The number of hydrogen-bond donors (Lipinski definition) is 1. The number of anilines is 1. The Morgan fingerprint density at radius 3 is 2.62 bits per heavy atom. The topological polar surface area (TPSA) is 108 Å². The van der Waals surface area contributed by atoms with E-state index in [0.29, 0.717) is 17.9 Å². The van der Waals surface area contributed by atoms with E-state index in [-0.39, 0.29) is 11.4 Å². The molecule has 1 aromatic carbocycles. The van der Waals surface area contributed by atoms with E-state index < -0.39 is 15.9 Å². The predicted octanol–water partition coefficient (Wildman–Crippen LogP) is 1.81. The van der Waals surface area contributed by atoms with E-state index in [1.807, 2.05) is 6.07 Å². The van der Waals surface area contributed by atoms with Crippen LogP contribution in [0.1, 0.15) is 25.3 Å². The van der Waals surface area contributed by atoms with Crippen molar-refractivity contribution >= 4 is 21.7 Å². The van der Waals surface area contributed by atoms with Crippen molar-refractivity contribution in [3.8, 4) is 6.07 Å². The molecule has 8 nitrogen and oxygen atoms in total. The quantitative estimate of drug-likeness (QED) is 0.757. The minimum Gasteiger partial charge on any atom is -0.310 e. The Kier molecular flexibility index (Phi) is 6.49. The molecule has 0 atom stereocenters. The first-order valence-electron chi connectivity index (χ1n) is 8.16. The molecule has 0 unspecified atom stereocenters. The molecule has 0 bridgehead atoms. The molecule has 1 aromatic heterocycles. The van der Waals surface area contributed by atoms with E-state index in [4.69, 9.17) is 5.26 Å². The van der Waals surface area contributed by atoms with Gasteiger partial charge in [0.1, 0.15) is 5.82 Å². The third kappa shape index (κ3) is 4.68. The third-order valence-electron chi connectivity index (χ3n) is 3.77. The first kappa shape index (κ1) is 19.6. The highest BCUT2D eigenvalue weighted by Crippen LogP contribution is 2.15. The molecule has 2 aromatic rings. The van der Waals surface area contributed by atoms with Gasteiger partial charge in [0, 0.05) is 19.7 Å². The van der Waals surface area contributed by atoms with Gasteiger partial charge < -0.3 is 5.32 Å². The normalized spacial score (nSPS) is 11.3. The van der Waals surface area contributed by atoms with Crippen molar-refractivity contribution in [3.05, 3.63) is 42.1 Å². The maximum absolute atomic E-state index is 12.5. The van der Waals surface area contributed by atoms with Crippen LogP contribution >= 0.6 is 0 Å². The number of aryl methyl sites for hydroxylation is 1. The molecule has 26 heavy (non-hydrogen) atoms. The van der Waals surface area contributed by atoms with E-state index in [1.165, 1.54) is 31.3 Å². The fraction of sp³-hybridized carbons (Fsp3) is 0.353. The summed E-state index contributed by atoms with van der Waals surface area (Å²) >= 11 is 0. The van der Waals surface area contributed by atoms with Crippen LogP contribution in [0.5, 0.6) is 0 Å². The van der Waals surface area contributed by atoms with Crippen LogP contribution in [0.4, 0.5) is 5.82 Å². The molecule has 0 spiro atoms. The van der Waals surface area contributed by atoms with Gasteiger partial charge in [-0.05, 0) is 30.7 Å². The van der Waals surface area contributed by atoms with Gasteiger partial charge in [0.05, 0.1) is 29.3 Å². The number of carbonyl (C=O) groups is 1. The van der Waals surface area contributed by atoms with Gasteiger partial charge in [-0.1, -0.05) is 13.3 Å². The molecular weight excluding hydrogens is 354 g/mol. The molecule has 1 N–H and O–H groups in total. The maximum atomic E-state index is 12.5. The fourth-order valence-electron chi connectivity index (χ4n) is 2.28. The van der Waals surface area contributed by atoms with Gasteiger partial charge >= 0.3 is 0 Å². The summed E-state index contributed by atoms with van der Waals surface area (Å²) in [5.74, 6) is 0.0792. The average Bonchev–Trinajstić information content (AvgIpc) is 3.06. The summed E-state index contributed by atoms with van der Waals surface area (Å²) in [6, 6.07) is 9.15. The van der Waals surface area contributed by atoms with Crippen molar-refractivity contribution in [1.29, 1.82) is 5.26 Å². The molecule has 0 aliphatic rings. The lowest BCUT2D eigenvalue weighted by molar-refractivity contribution is -0.116. The number of nitrogens with zero attached hydrogens (tertiary/aromatic N) is 4. The molecule has 0 radical (unpaired) electrons. The zero-order valence-electron chi connectivity index (χ0n) is 14.7. The molecule has 1 amide bonds. The predicted molar refractivity (Wildman–Crippen MR) is 96.7 cm³/mol. The molecule has 0 aliphatic carbocycles. The Morgan fingerprint density at radius 2 is 2.00 bits per heavy atom. The van der Waals surface area contributed by atoms with Gasteiger partial charge in [-0.3, -0.25) is 4.79 Å². The largest absolute Gasteiger partial charge is 0.310 e. The number of hydrogen-bond acceptors (Lipinski definition) is 5. The fourth-order valence-corrected chi connectivity index (χ4v) is 3.40. The summed E-state index contributed by atoms with van der Waals surface area (Å²) in [5, 5.41) is 15.6. The molecular formula is C17H21N5O3S. The second kappa shape index (κ2) is 8.60. The highest BCUT2D eigenvalue weighted by molar-refractivity contribution is 7.89. The van der Waals surface area contributed by atoms with E-state index in [9.17, 15) is 13.2 Å². The van der Waals surface area contributed by atoms with Crippen LogP contribution < -0.4 is 5.32 Å². The lowest BCUT2D eigenvalue weighted by Gasteiger charge is -2.17. The van der Waals surface area contributed by atoms with Crippen LogP contribution in [-0.4, -0.2) is 42.0 Å². The Bertz CT molecular complexity index is 897. The van der Waals surface area contributed by atoms with Gasteiger partial charge in [-0.25, -0.2) is 13.1 Å². The second-order valence-corrected chi connectivity index (χ2v) is 7.78. The number of rotatable bonds is 8. The van der Waals surface area contributed by atoms with Crippen molar-refractivity contribution < 1.29 is 13.2 Å². The van der Waals surface area contributed by atoms with Crippen LogP contribution in [0.15, 0.2) is 41.4 Å². The summed E-state index contributed by atoms with van der Waals surface area (Å²) in [5.41, 5.74) is 0.365. The summed E-state index contributed by atoms with van der Waals surface area (Å²) in [7, 11) is -2.49. The van der Waals surface area contributed by atoms with Crippen LogP contribution in [0, 0.1) is 11.3 Å². The molecule has 9 heteroatoms. The zero-order chi connectivity index (χ0) is 19.2. The molecule has 2 rings (SSSR count). The number of aromatic nitrogens is 2. The first-order chi connectivity index (χ1) is 12.4. The smallest absolute Gasteiger partial charge is 0.243 e. The zero-order valence-corrected chi connectivity index (χ0v) is 15.5. The van der Waals surface area contributed by atoms with E-state index >= 15 is 0 Å². The minimum absolute atomic E-state index is 0.0276. The average molecular weight is 375 g/mol. The Labute approximate surface area is 153 Å². The van der Waals surface area contributed by atoms with Crippen molar-refractivity contribution in [2.75, 3.05) is 18.9 Å². The number of carbonyl (C=O) groups excluding carboxylic acids is 1. The lowest BCUT2D eigenvalue weighted by Crippen LogP contribution is -2.35. The van der Waals surface area contributed by atoms with Gasteiger partial charge in [0.2, 0.25) is 15.9 Å². The number of amides is 1. The molecule has 0 fully saturated rings. The Hall–Kier alpha value is -2.70. The number of benzene rings is 1. The van der Waals surface area contributed by atoms with Crippen molar-refractivity contribution in [2.24, 2.45) is 0 Å². The van der Waals surface area contributed by atoms with Crippen LogP contribution in [-0.2, 0) is 21.4 Å². The highest BCUT2D eigenvalue weighted by atomic mass is 32.2. The van der Waals surface area contributed by atoms with Crippen LogP contribution in [0.2, 0.25) is 0 Å². The van der Waals surface area contributed by atoms with Crippen molar-refractivity contribution in [1.82, 2.24) is 14.1 Å². The van der Waals surface area contributed by atoms with Gasteiger partial charge in [-0.15, -0.1) is 0 Å². The standard InChI is InChI=1S/C17H21N5O3S/c1-3-4-11-22-16(9-10-19-22)20-17(23)13-21(2)26(24,25)15-7-5-14(12-18)6-8-15/h5-10H,3-4,11,13H2,1-2H3,(H,20,23). The van der Waals surface area contributed by atoms with E-state index in [0.717, 1.165) is 17.1 Å². The number of nitriles is 1. The molecule has 0 saturated heterocycles. The van der Waals surface area contributed by atoms with Crippen LogP contribution in [0.25, 0.3) is 0 Å². The molecule has 138 valence electrons. The highest BCUT2D eigenvalue weighted by Gasteiger charge is 2.23. The maximum Gasteiger partial charge on any atom is 0.243 e. The second-order valence-electron chi connectivity index (χ2n) is 5.74. The van der Waals surface area contributed by atoms with Crippen LogP contribution in [0.3, 0.4) is 0 Å². The Balaban J connectivity index is 2.04. The minimum atomic E-state index is -3.82. The number of unbranched alkanes of at least 4 members (excludes halogenated alkanes) is 1. The third-order valence-corrected chi connectivity index (χ3v) is 5.58. The summed E-state index contributed by atoms with van der Waals surface area (Å²) in [6.07, 6.45) is 3.51. The summed E-state index contributed by atoms with van der Waals surface area (Å²) < 4.78 is 27.7. The van der Waals surface area contributed by atoms with Gasteiger partial charge in [-0.2, -0.15) is 14.7 Å². The molecule has 1 heterocycles. The van der Waals surface area contributed by atoms with Crippen molar-refractivity contribution in [3.63, 3.8) is 0 Å². The number of sulfonamides is 1. The Morgan fingerprint density at radius 1 is 1.31 bits per heavy atom. The van der Waals surface area contributed by atoms with Gasteiger partial charge in [0.15, 0.2) is 0 Å². The van der Waals surface area contributed by atoms with E-state index in [1.54, 1.807) is 16.9 Å². The van der Waals surface area contributed by atoms with Crippen molar-refractivity contribution in [2.45, 2.75) is 31.2 Å². The van der Waals surface area contributed by atoms with E-state index in [2.05, 4.69) is 17.3 Å². The van der Waals surface area contributed by atoms with Gasteiger partial charge in [0.25, 0.3) is 0 Å². The SMILES string of the molecule is CCCCn1nccc1NC(=O)CN(C)S(=O)(=O)c1ccc(C#N)cc1. The first-order valence-corrected chi connectivity index (χ1v) is 9.60. The summed E-state index contributed by atoms with van der Waals surface area (Å²) in [6.45, 7) is 2.41. The number of nitrogens with one attached hydrogen (secondary N) is 1. The summed E-state index contributed by atoms with van der Waals surface area (Å²) in [4.78, 5) is 12.3. The monoisotopic (exact) mass is 375 g/mol. The molecule has 0 aliphatic heterocycles. The molecule has 0 saturated carbocycles.